The van der Waals surface area contributed by atoms with Crippen LogP contribution in [0, 0.1) is 29.6 Å². The van der Waals surface area contributed by atoms with Crippen molar-refractivity contribution in [3.05, 3.63) is 23.8 Å². The third-order valence-electron chi connectivity index (χ3n) is 6.13. The molecule has 5 unspecified atom stereocenters. The van der Waals surface area contributed by atoms with Crippen LogP contribution in [0.3, 0.4) is 0 Å². The molecule has 0 radical (unpaired) electrons. The van der Waals surface area contributed by atoms with E-state index in [9.17, 15) is 0 Å². The molecule has 0 aromatic heterocycles. The maximum absolute atomic E-state index is 5.90. The number of hydrazine groups is 1. The standard InChI is InChI=1S/C17H24N2O2/c1-20-12-6-5-11(8-13(12)21-2)17(19-18)16-14-9-3-4-10(7-9)15(14)16/h5-6,8-10,14-17,19H,3-4,7,18H2,1-2H3. The molecule has 4 nitrogen and oxygen atoms in total. The van der Waals surface area contributed by atoms with Crippen LogP contribution in [-0.2, 0) is 0 Å². The van der Waals surface area contributed by atoms with Gasteiger partial charge in [0.25, 0.3) is 0 Å². The molecule has 0 aliphatic heterocycles. The first-order valence-electron chi connectivity index (χ1n) is 7.96. The van der Waals surface area contributed by atoms with Crippen LogP contribution in [-0.4, -0.2) is 14.2 Å². The zero-order chi connectivity index (χ0) is 14.6. The Morgan fingerprint density at radius 1 is 1.10 bits per heavy atom. The van der Waals surface area contributed by atoms with Gasteiger partial charge in [-0.1, -0.05) is 6.07 Å². The quantitative estimate of drug-likeness (QED) is 0.645. The summed E-state index contributed by atoms with van der Waals surface area (Å²) in [6.07, 6.45) is 4.34. The predicted octanol–water partition coefficient (Wildman–Crippen LogP) is 2.50. The number of benzene rings is 1. The first-order chi connectivity index (χ1) is 10.3. The summed E-state index contributed by atoms with van der Waals surface area (Å²) in [5.41, 5.74) is 4.29. The van der Waals surface area contributed by atoms with Gasteiger partial charge in [0, 0.05) is 6.04 Å². The van der Waals surface area contributed by atoms with Crippen molar-refractivity contribution in [3.8, 4) is 11.5 Å². The Bertz CT molecular complexity index is 532. The zero-order valence-electron chi connectivity index (χ0n) is 12.7. The van der Waals surface area contributed by atoms with E-state index in [0.29, 0.717) is 5.92 Å². The van der Waals surface area contributed by atoms with Gasteiger partial charge in [0.05, 0.1) is 14.2 Å². The van der Waals surface area contributed by atoms with E-state index in [-0.39, 0.29) is 6.04 Å². The predicted molar refractivity (Wildman–Crippen MR) is 80.9 cm³/mol. The Kier molecular flexibility index (Phi) is 3.12. The molecule has 3 saturated carbocycles. The molecule has 0 saturated heterocycles. The Morgan fingerprint density at radius 3 is 2.33 bits per heavy atom. The van der Waals surface area contributed by atoms with Crippen molar-refractivity contribution in [2.75, 3.05) is 14.2 Å². The Morgan fingerprint density at radius 2 is 1.76 bits per heavy atom. The summed E-state index contributed by atoms with van der Waals surface area (Å²) in [6.45, 7) is 0. The Labute approximate surface area is 126 Å². The molecule has 0 heterocycles. The second-order valence-corrected chi connectivity index (χ2v) is 6.82. The number of methoxy groups -OCH3 is 2. The first kappa shape index (κ1) is 13.4. The van der Waals surface area contributed by atoms with E-state index in [2.05, 4.69) is 17.6 Å². The SMILES string of the molecule is COc1ccc(C(NN)C2C3C4CCC(C4)C32)cc1OC. The smallest absolute Gasteiger partial charge is 0.161 e. The fourth-order valence-corrected chi connectivity index (χ4v) is 5.31. The summed E-state index contributed by atoms with van der Waals surface area (Å²) >= 11 is 0. The molecule has 4 rings (SSSR count). The van der Waals surface area contributed by atoms with Gasteiger partial charge >= 0.3 is 0 Å². The van der Waals surface area contributed by atoms with Crippen molar-refractivity contribution >= 4 is 0 Å². The molecule has 21 heavy (non-hydrogen) atoms. The first-order valence-corrected chi connectivity index (χ1v) is 7.96. The van der Waals surface area contributed by atoms with E-state index < -0.39 is 0 Å². The molecule has 2 bridgehead atoms. The lowest BCUT2D eigenvalue weighted by atomic mass is 9.93. The number of hydrogen-bond acceptors (Lipinski definition) is 4. The van der Waals surface area contributed by atoms with Crippen molar-refractivity contribution in [1.82, 2.24) is 5.43 Å². The number of ether oxygens (including phenoxy) is 2. The Balaban J connectivity index is 1.60. The highest BCUT2D eigenvalue weighted by Gasteiger charge is 2.66. The maximum Gasteiger partial charge on any atom is 0.161 e. The van der Waals surface area contributed by atoms with Crippen molar-refractivity contribution in [1.29, 1.82) is 0 Å². The molecule has 3 aliphatic rings. The lowest BCUT2D eigenvalue weighted by molar-refractivity contribution is 0.349. The van der Waals surface area contributed by atoms with Crippen molar-refractivity contribution in [2.24, 2.45) is 35.4 Å². The highest BCUT2D eigenvalue weighted by atomic mass is 16.5. The van der Waals surface area contributed by atoms with Crippen molar-refractivity contribution < 1.29 is 9.47 Å². The van der Waals surface area contributed by atoms with Gasteiger partial charge in [-0.2, -0.15) is 0 Å². The molecular formula is C17H24N2O2. The average Bonchev–Trinajstić information content (AvgIpc) is 2.93. The third-order valence-corrected chi connectivity index (χ3v) is 6.13. The van der Waals surface area contributed by atoms with Gasteiger partial charge in [-0.05, 0) is 66.5 Å². The lowest BCUT2D eigenvalue weighted by Gasteiger charge is -2.21. The summed E-state index contributed by atoms with van der Waals surface area (Å²) in [7, 11) is 3.35. The maximum atomic E-state index is 5.90. The van der Waals surface area contributed by atoms with Gasteiger partial charge in [-0.15, -0.1) is 0 Å². The Hall–Kier alpha value is -1.26. The number of rotatable bonds is 5. The fraction of sp³-hybridized carbons (Fsp3) is 0.647. The number of hydrogen-bond donors (Lipinski definition) is 2. The van der Waals surface area contributed by atoms with E-state index in [0.717, 1.165) is 35.2 Å². The van der Waals surface area contributed by atoms with Crippen molar-refractivity contribution in [2.45, 2.75) is 25.3 Å². The molecule has 0 amide bonds. The highest BCUT2D eigenvalue weighted by Crippen LogP contribution is 2.72. The van der Waals surface area contributed by atoms with Crippen LogP contribution in [0.5, 0.6) is 11.5 Å². The molecule has 5 atom stereocenters. The van der Waals surface area contributed by atoms with Crippen LogP contribution in [0.2, 0.25) is 0 Å². The molecular weight excluding hydrogens is 264 g/mol. The van der Waals surface area contributed by atoms with E-state index in [1.165, 1.54) is 24.8 Å². The molecule has 114 valence electrons. The van der Waals surface area contributed by atoms with E-state index in [1.54, 1.807) is 14.2 Å². The number of fused-ring (bicyclic) bond motifs is 5. The molecule has 0 spiro atoms. The van der Waals surface area contributed by atoms with Gasteiger partial charge in [0.2, 0.25) is 0 Å². The molecule has 4 heteroatoms. The molecule has 3 aliphatic carbocycles. The lowest BCUT2D eigenvalue weighted by Crippen LogP contribution is -2.31. The average molecular weight is 288 g/mol. The van der Waals surface area contributed by atoms with Crippen LogP contribution in [0.25, 0.3) is 0 Å². The van der Waals surface area contributed by atoms with Gasteiger partial charge < -0.3 is 9.47 Å². The summed E-state index contributed by atoms with van der Waals surface area (Å²) in [5.74, 6) is 11.9. The van der Waals surface area contributed by atoms with Crippen LogP contribution in [0.15, 0.2) is 18.2 Å². The molecule has 3 fully saturated rings. The minimum Gasteiger partial charge on any atom is -0.493 e. The highest BCUT2D eigenvalue weighted by molar-refractivity contribution is 5.44. The van der Waals surface area contributed by atoms with Crippen LogP contribution >= 0.6 is 0 Å². The monoisotopic (exact) mass is 288 g/mol. The summed E-state index contributed by atoms with van der Waals surface area (Å²) in [4.78, 5) is 0. The minimum absolute atomic E-state index is 0.239. The van der Waals surface area contributed by atoms with Crippen LogP contribution in [0.1, 0.15) is 30.9 Å². The topological polar surface area (TPSA) is 56.5 Å². The summed E-state index contributed by atoms with van der Waals surface area (Å²) in [6, 6.07) is 6.40. The van der Waals surface area contributed by atoms with E-state index in [4.69, 9.17) is 15.3 Å². The molecule has 3 N–H and O–H groups in total. The number of nitrogens with two attached hydrogens (primary N) is 1. The van der Waals surface area contributed by atoms with Gasteiger partial charge in [-0.25, -0.2) is 0 Å². The zero-order valence-corrected chi connectivity index (χ0v) is 12.7. The van der Waals surface area contributed by atoms with E-state index >= 15 is 0 Å². The van der Waals surface area contributed by atoms with Gasteiger partial charge in [-0.3, -0.25) is 11.3 Å². The van der Waals surface area contributed by atoms with Gasteiger partial charge in [0.15, 0.2) is 11.5 Å². The van der Waals surface area contributed by atoms with E-state index in [1.807, 2.05) is 6.07 Å². The van der Waals surface area contributed by atoms with Crippen LogP contribution in [0.4, 0.5) is 0 Å². The molecule has 1 aromatic carbocycles. The third kappa shape index (κ3) is 1.89. The summed E-state index contributed by atoms with van der Waals surface area (Å²) in [5, 5.41) is 0. The second kappa shape index (κ2) is 4.89. The van der Waals surface area contributed by atoms with Crippen molar-refractivity contribution in [3.63, 3.8) is 0 Å². The summed E-state index contributed by atoms with van der Waals surface area (Å²) < 4.78 is 10.7. The molecule has 1 aromatic rings. The number of nitrogens with one attached hydrogen (secondary N) is 1. The van der Waals surface area contributed by atoms with Crippen LogP contribution < -0.4 is 20.7 Å². The second-order valence-electron chi connectivity index (χ2n) is 6.82. The van der Waals surface area contributed by atoms with Gasteiger partial charge in [0.1, 0.15) is 0 Å². The minimum atomic E-state index is 0.239. The fourth-order valence-electron chi connectivity index (χ4n) is 5.31. The normalized spacial score (nSPS) is 37.2. The largest absolute Gasteiger partial charge is 0.493 e.